The van der Waals surface area contributed by atoms with Crippen molar-refractivity contribution in [3.8, 4) is 5.75 Å². The van der Waals surface area contributed by atoms with E-state index in [1.54, 1.807) is 7.11 Å². The van der Waals surface area contributed by atoms with Gasteiger partial charge in [-0.3, -0.25) is 0 Å². The number of methoxy groups -OCH3 is 1. The molecular formula is C18H20N2OS. The maximum absolute atomic E-state index is 5.58. The summed E-state index contributed by atoms with van der Waals surface area (Å²) in [4.78, 5) is 0. The van der Waals surface area contributed by atoms with Crippen molar-refractivity contribution in [1.82, 2.24) is 10.6 Å². The lowest BCUT2D eigenvalue weighted by molar-refractivity contribution is 0.406. The second kappa shape index (κ2) is 5.43. The molecule has 114 valence electrons. The topological polar surface area (TPSA) is 33.3 Å². The molecule has 0 aliphatic heterocycles. The lowest BCUT2D eigenvalue weighted by Gasteiger charge is -2.28. The van der Waals surface area contributed by atoms with Crippen LogP contribution in [-0.2, 0) is 12.8 Å². The average Bonchev–Trinajstić information content (AvgIpc) is 3.31. The van der Waals surface area contributed by atoms with Crippen LogP contribution < -0.4 is 15.4 Å². The van der Waals surface area contributed by atoms with Crippen LogP contribution >= 0.6 is 12.2 Å². The number of benzene rings is 2. The van der Waals surface area contributed by atoms with Gasteiger partial charge in [-0.05, 0) is 60.3 Å². The minimum atomic E-state index is 0.327. The second-order valence-corrected chi connectivity index (χ2v) is 6.67. The van der Waals surface area contributed by atoms with Crippen molar-refractivity contribution in [2.45, 2.75) is 37.8 Å². The Morgan fingerprint density at radius 1 is 1.09 bits per heavy atom. The molecule has 0 aromatic heterocycles. The number of hydrogen-bond donors (Lipinski definition) is 2. The van der Waals surface area contributed by atoms with Crippen LogP contribution in [0.15, 0.2) is 30.3 Å². The van der Waals surface area contributed by atoms with Crippen molar-refractivity contribution in [2.24, 2.45) is 0 Å². The first-order valence-electron chi connectivity index (χ1n) is 7.89. The van der Waals surface area contributed by atoms with Crippen LogP contribution in [0.4, 0.5) is 0 Å². The van der Waals surface area contributed by atoms with Crippen molar-refractivity contribution in [3.05, 3.63) is 41.5 Å². The highest BCUT2D eigenvalue weighted by atomic mass is 32.1. The summed E-state index contributed by atoms with van der Waals surface area (Å²) in [5.41, 5.74) is 2.68. The molecule has 3 nitrogen and oxygen atoms in total. The van der Waals surface area contributed by atoms with Gasteiger partial charge in [-0.2, -0.15) is 0 Å². The minimum Gasteiger partial charge on any atom is -0.496 e. The Kier molecular flexibility index (Phi) is 3.41. The predicted octanol–water partition coefficient (Wildman–Crippen LogP) is 2.94. The zero-order valence-corrected chi connectivity index (χ0v) is 13.5. The quantitative estimate of drug-likeness (QED) is 0.854. The minimum absolute atomic E-state index is 0.327. The van der Waals surface area contributed by atoms with E-state index in [0.29, 0.717) is 12.1 Å². The van der Waals surface area contributed by atoms with Crippen molar-refractivity contribution in [3.63, 3.8) is 0 Å². The first-order chi connectivity index (χ1) is 10.7. The number of hydrogen-bond acceptors (Lipinski definition) is 2. The van der Waals surface area contributed by atoms with Crippen molar-refractivity contribution in [2.75, 3.05) is 7.11 Å². The molecule has 1 fully saturated rings. The monoisotopic (exact) mass is 312 g/mol. The fraction of sp³-hybridized carbons (Fsp3) is 0.389. The van der Waals surface area contributed by atoms with Crippen LogP contribution in [0, 0.1) is 0 Å². The molecule has 2 N–H and O–H groups in total. The highest BCUT2D eigenvalue weighted by Gasteiger charge is 2.26. The molecule has 2 aliphatic rings. The predicted molar refractivity (Wildman–Crippen MR) is 93.6 cm³/mol. The number of rotatable bonds is 3. The van der Waals surface area contributed by atoms with E-state index in [1.165, 1.54) is 34.7 Å². The van der Waals surface area contributed by atoms with Crippen molar-refractivity contribution in [1.29, 1.82) is 0 Å². The average molecular weight is 312 g/mol. The van der Waals surface area contributed by atoms with Crippen molar-refractivity contribution >= 4 is 28.1 Å². The SMILES string of the molecule is COc1ccc2cccc3c2c1CC(NC(=S)NC1CC1)C3. The van der Waals surface area contributed by atoms with Crippen LogP contribution in [0.25, 0.3) is 10.8 Å². The van der Waals surface area contributed by atoms with E-state index < -0.39 is 0 Å². The van der Waals surface area contributed by atoms with Gasteiger partial charge in [0.25, 0.3) is 0 Å². The second-order valence-electron chi connectivity index (χ2n) is 6.26. The van der Waals surface area contributed by atoms with Gasteiger partial charge in [0.2, 0.25) is 0 Å². The van der Waals surface area contributed by atoms with E-state index >= 15 is 0 Å². The van der Waals surface area contributed by atoms with E-state index in [9.17, 15) is 0 Å². The third-order valence-corrected chi connectivity index (χ3v) is 4.82. The van der Waals surface area contributed by atoms with Gasteiger partial charge in [0.15, 0.2) is 5.11 Å². The summed E-state index contributed by atoms with van der Waals surface area (Å²) < 4.78 is 5.58. The standard InChI is InChI=1S/C18H20N2OS/c1-21-16-8-5-11-3-2-4-12-9-14(10-15(16)17(11)12)20-18(22)19-13-6-7-13/h2-5,8,13-14H,6-7,9-10H2,1H3,(H2,19,20,22). The molecule has 1 atom stereocenters. The molecule has 2 aromatic carbocycles. The van der Waals surface area contributed by atoms with E-state index in [-0.39, 0.29) is 0 Å². The Balaban J connectivity index is 1.63. The molecule has 0 amide bonds. The van der Waals surface area contributed by atoms with Crippen LogP contribution in [-0.4, -0.2) is 24.3 Å². The summed E-state index contributed by atoms with van der Waals surface area (Å²) in [6, 6.07) is 11.7. The molecule has 2 aromatic rings. The summed E-state index contributed by atoms with van der Waals surface area (Å²) >= 11 is 5.44. The maximum Gasteiger partial charge on any atom is 0.166 e. The number of thiocarbonyl (C=S) groups is 1. The highest BCUT2D eigenvalue weighted by molar-refractivity contribution is 7.80. The van der Waals surface area contributed by atoms with Gasteiger partial charge < -0.3 is 15.4 Å². The van der Waals surface area contributed by atoms with Crippen LogP contribution in [0.5, 0.6) is 5.75 Å². The fourth-order valence-corrected chi connectivity index (χ4v) is 3.74. The Morgan fingerprint density at radius 3 is 2.68 bits per heavy atom. The molecule has 0 spiro atoms. The fourth-order valence-electron chi connectivity index (χ4n) is 3.41. The molecule has 22 heavy (non-hydrogen) atoms. The Hall–Kier alpha value is -1.81. The largest absolute Gasteiger partial charge is 0.496 e. The molecule has 0 radical (unpaired) electrons. The van der Waals surface area contributed by atoms with Gasteiger partial charge in [-0.25, -0.2) is 0 Å². The summed E-state index contributed by atoms with van der Waals surface area (Å²) in [6.07, 6.45) is 4.43. The first kappa shape index (κ1) is 13.8. The third kappa shape index (κ3) is 2.52. The van der Waals surface area contributed by atoms with Gasteiger partial charge in [0.1, 0.15) is 5.75 Å². The molecule has 1 unspecified atom stereocenters. The normalized spacial score (nSPS) is 19.8. The highest BCUT2D eigenvalue weighted by Crippen LogP contribution is 2.35. The van der Waals surface area contributed by atoms with E-state index in [4.69, 9.17) is 17.0 Å². The molecule has 1 saturated carbocycles. The summed E-state index contributed by atoms with van der Waals surface area (Å²) in [6.45, 7) is 0. The summed E-state index contributed by atoms with van der Waals surface area (Å²) in [5, 5.41) is 10.3. The zero-order valence-electron chi connectivity index (χ0n) is 12.7. The zero-order chi connectivity index (χ0) is 15.1. The van der Waals surface area contributed by atoms with Crippen LogP contribution in [0.1, 0.15) is 24.0 Å². The Bertz CT molecular complexity index is 739. The van der Waals surface area contributed by atoms with Crippen LogP contribution in [0.2, 0.25) is 0 Å². The number of ether oxygens (including phenoxy) is 1. The van der Waals surface area contributed by atoms with Crippen LogP contribution in [0.3, 0.4) is 0 Å². The smallest absolute Gasteiger partial charge is 0.166 e. The maximum atomic E-state index is 5.58. The van der Waals surface area contributed by atoms with Gasteiger partial charge in [0, 0.05) is 17.6 Å². The summed E-state index contributed by atoms with van der Waals surface area (Å²) in [7, 11) is 1.75. The van der Waals surface area contributed by atoms with E-state index in [1.807, 2.05) is 0 Å². The van der Waals surface area contributed by atoms with Gasteiger partial charge in [-0.15, -0.1) is 0 Å². The lowest BCUT2D eigenvalue weighted by Crippen LogP contribution is -2.45. The van der Waals surface area contributed by atoms with Gasteiger partial charge >= 0.3 is 0 Å². The molecule has 0 saturated heterocycles. The van der Waals surface area contributed by atoms with Gasteiger partial charge in [0.05, 0.1) is 7.11 Å². The van der Waals surface area contributed by atoms with Crippen molar-refractivity contribution < 1.29 is 4.74 Å². The van der Waals surface area contributed by atoms with E-state index in [0.717, 1.165) is 23.7 Å². The molecule has 2 aliphatic carbocycles. The van der Waals surface area contributed by atoms with Gasteiger partial charge in [-0.1, -0.05) is 24.3 Å². The Labute approximate surface area is 136 Å². The molecular weight excluding hydrogens is 292 g/mol. The molecule has 4 heteroatoms. The molecule has 0 heterocycles. The summed E-state index contributed by atoms with van der Waals surface area (Å²) in [5.74, 6) is 0.979. The number of nitrogens with one attached hydrogen (secondary N) is 2. The van der Waals surface area contributed by atoms with E-state index in [2.05, 4.69) is 41.0 Å². The molecule has 4 rings (SSSR count). The Morgan fingerprint density at radius 2 is 1.91 bits per heavy atom. The third-order valence-electron chi connectivity index (χ3n) is 4.58. The first-order valence-corrected chi connectivity index (χ1v) is 8.30. The molecule has 0 bridgehead atoms. The lowest BCUT2D eigenvalue weighted by atomic mass is 9.85.